The van der Waals surface area contributed by atoms with Crippen LogP contribution in [0.3, 0.4) is 0 Å². The van der Waals surface area contributed by atoms with Gasteiger partial charge in [-0.3, -0.25) is 0 Å². The average Bonchev–Trinajstić information content (AvgIpc) is 2.45. The highest BCUT2D eigenvalue weighted by Crippen LogP contribution is 2.37. The molecule has 5 nitrogen and oxygen atoms in total. The van der Waals surface area contributed by atoms with Gasteiger partial charge in [-0.25, -0.2) is 0 Å². The van der Waals surface area contributed by atoms with E-state index in [-0.39, 0.29) is 0 Å². The number of hydrogen-bond acceptors (Lipinski definition) is 5. The van der Waals surface area contributed by atoms with Crippen molar-refractivity contribution in [2.24, 2.45) is 10.2 Å². The van der Waals surface area contributed by atoms with E-state index >= 15 is 0 Å². The Hall–Kier alpha value is -2.56. The molecule has 2 rings (SSSR count). The molecule has 0 fully saturated rings. The number of nitrogens with two attached hydrogens (primary N) is 2. The van der Waals surface area contributed by atoms with Crippen LogP contribution in [0.5, 0.6) is 5.75 Å². The minimum Gasteiger partial charge on any atom is -0.494 e. The summed E-state index contributed by atoms with van der Waals surface area (Å²) >= 11 is 0. The highest BCUT2D eigenvalue weighted by Gasteiger charge is 2.11. The van der Waals surface area contributed by atoms with Gasteiger partial charge >= 0.3 is 0 Å². The van der Waals surface area contributed by atoms with Crippen molar-refractivity contribution in [2.75, 3.05) is 18.6 Å². The van der Waals surface area contributed by atoms with Crippen LogP contribution >= 0.6 is 0 Å². The molecule has 0 aliphatic heterocycles. The van der Waals surface area contributed by atoms with E-state index in [1.54, 1.807) is 13.2 Å². The van der Waals surface area contributed by atoms with Crippen molar-refractivity contribution in [3.05, 3.63) is 42.0 Å². The zero-order valence-corrected chi connectivity index (χ0v) is 10.9. The minimum atomic E-state index is 0.429. The van der Waals surface area contributed by atoms with E-state index in [2.05, 4.69) is 10.2 Å². The van der Waals surface area contributed by atoms with Crippen molar-refractivity contribution in [3.8, 4) is 5.75 Å². The van der Waals surface area contributed by atoms with Gasteiger partial charge in [-0.2, -0.15) is 10.2 Å². The second-order valence-electron chi connectivity index (χ2n) is 4.09. The molecule has 4 N–H and O–H groups in total. The first kappa shape index (κ1) is 12.9. The van der Waals surface area contributed by atoms with Gasteiger partial charge in [0, 0.05) is 11.6 Å². The third-order valence-electron chi connectivity index (χ3n) is 2.86. The molecule has 19 heavy (non-hydrogen) atoms. The quantitative estimate of drug-likeness (QED) is 0.650. The normalized spacial score (nSPS) is 10.8. The fourth-order valence-corrected chi connectivity index (χ4v) is 1.66. The van der Waals surface area contributed by atoms with Gasteiger partial charge in [-0.05, 0) is 19.1 Å². The minimum absolute atomic E-state index is 0.429. The molecule has 0 radical (unpaired) electrons. The second-order valence-corrected chi connectivity index (χ2v) is 4.09. The Labute approximate surface area is 111 Å². The first-order chi connectivity index (χ1) is 9.13. The lowest BCUT2D eigenvalue weighted by Crippen LogP contribution is -2.00. The lowest BCUT2D eigenvalue weighted by molar-refractivity contribution is 0.417. The summed E-state index contributed by atoms with van der Waals surface area (Å²) in [6, 6.07) is 11.2. The molecule has 0 unspecified atom stereocenters. The monoisotopic (exact) mass is 256 g/mol. The summed E-state index contributed by atoms with van der Waals surface area (Å²) in [5.74, 6) is 0.505. The number of nitrogen functional groups attached to an aromatic ring is 2. The molecule has 0 aliphatic rings. The molecular formula is C14H16N4O. The zero-order chi connectivity index (χ0) is 13.8. The number of anilines is 2. The summed E-state index contributed by atoms with van der Waals surface area (Å²) in [5, 5.41) is 8.35. The number of methoxy groups -OCH3 is 1. The van der Waals surface area contributed by atoms with E-state index in [1.165, 1.54) is 0 Å². The lowest BCUT2D eigenvalue weighted by atomic mass is 10.1. The van der Waals surface area contributed by atoms with Gasteiger partial charge in [-0.15, -0.1) is 0 Å². The molecule has 0 aliphatic carbocycles. The van der Waals surface area contributed by atoms with E-state index in [4.69, 9.17) is 16.2 Å². The van der Waals surface area contributed by atoms with Crippen molar-refractivity contribution in [3.63, 3.8) is 0 Å². The molecule has 0 atom stereocenters. The predicted octanol–water partition coefficient (Wildman–Crippen LogP) is 3.58. The van der Waals surface area contributed by atoms with Crippen LogP contribution in [0.4, 0.5) is 22.7 Å². The van der Waals surface area contributed by atoms with Crippen LogP contribution in [0.1, 0.15) is 5.56 Å². The van der Waals surface area contributed by atoms with Crippen molar-refractivity contribution < 1.29 is 4.74 Å². The average molecular weight is 256 g/mol. The van der Waals surface area contributed by atoms with Crippen molar-refractivity contribution in [2.45, 2.75) is 6.92 Å². The molecule has 0 spiro atoms. The summed E-state index contributed by atoms with van der Waals surface area (Å²) in [6.45, 7) is 1.85. The van der Waals surface area contributed by atoms with Crippen LogP contribution in [0.25, 0.3) is 0 Å². The Morgan fingerprint density at radius 2 is 1.68 bits per heavy atom. The van der Waals surface area contributed by atoms with E-state index in [0.29, 0.717) is 22.8 Å². The molecular weight excluding hydrogens is 240 g/mol. The highest BCUT2D eigenvalue weighted by atomic mass is 16.5. The largest absolute Gasteiger partial charge is 0.494 e. The first-order valence-electron chi connectivity index (χ1n) is 5.82. The van der Waals surface area contributed by atoms with Gasteiger partial charge in [0.15, 0.2) is 0 Å². The molecule has 98 valence electrons. The molecule has 0 amide bonds. The summed E-state index contributed by atoms with van der Waals surface area (Å²) < 4.78 is 5.17. The third-order valence-corrected chi connectivity index (χ3v) is 2.86. The molecule has 0 bridgehead atoms. The van der Waals surface area contributed by atoms with Crippen molar-refractivity contribution >= 4 is 22.7 Å². The number of nitrogens with zero attached hydrogens (tertiary/aromatic N) is 2. The van der Waals surface area contributed by atoms with E-state index in [9.17, 15) is 0 Å². The molecule has 5 heteroatoms. The summed E-state index contributed by atoms with van der Waals surface area (Å²) in [6.07, 6.45) is 0. The van der Waals surface area contributed by atoms with Gasteiger partial charge in [0.05, 0.1) is 29.9 Å². The lowest BCUT2D eigenvalue weighted by Gasteiger charge is -2.11. The number of benzene rings is 2. The van der Waals surface area contributed by atoms with Crippen LogP contribution < -0.4 is 16.2 Å². The summed E-state index contributed by atoms with van der Waals surface area (Å²) in [4.78, 5) is 0. The molecule has 2 aromatic carbocycles. The molecule has 0 saturated carbocycles. The van der Waals surface area contributed by atoms with Crippen LogP contribution in [-0.4, -0.2) is 7.11 Å². The fraction of sp³-hybridized carbons (Fsp3) is 0.143. The second kappa shape index (κ2) is 5.39. The van der Waals surface area contributed by atoms with Gasteiger partial charge < -0.3 is 16.2 Å². The third kappa shape index (κ3) is 2.65. The fourth-order valence-electron chi connectivity index (χ4n) is 1.66. The number of ether oxygens (including phenoxy) is 1. The van der Waals surface area contributed by atoms with Crippen LogP contribution in [0.15, 0.2) is 46.6 Å². The summed E-state index contributed by atoms with van der Waals surface area (Å²) in [5.41, 5.74) is 14.9. The highest BCUT2D eigenvalue weighted by molar-refractivity contribution is 5.79. The number of azo groups is 1. The zero-order valence-electron chi connectivity index (χ0n) is 10.9. The Morgan fingerprint density at radius 1 is 1.00 bits per heavy atom. The van der Waals surface area contributed by atoms with E-state index < -0.39 is 0 Å². The predicted molar refractivity (Wildman–Crippen MR) is 77.2 cm³/mol. The standard InChI is InChI=1S/C14H16N4O/c1-9-11(8-12(19-2)14(16)13(9)15)18-17-10-6-4-3-5-7-10/h3-8H,15-16H2,1-2H3. The molecule has 0 heterocycles. The number of rotatable bonds is 3. The van der Waals surface area contributed by atoms with Gasteiger partial charge in [0.2, 0.25) is 0 Å². The Balaban J connectivity index is 2.41. The SMILES string of the molecule is COc1cc(N=Nc2ccccc2)c(C)c(N)c1N. The topological polar surface area (TPSA) is 86.0 Å². The molecule has 0 aromatic heterocycles. The molecule has 0 saturated heterocycles. The van der Waals surface area contributed by atoms with Gasteiger partial charge in [0.25, 0.3) is 0 Å². The van der Waals surface area contributed by atoms with Crippen LogP contribution in [-0.2, 0) is 0 Å². The Morgan fingerprint density at radius 3 is 2.32 bits per heavy atom. The number of hydrogen-bond donors (Lipinski definition) is 2. The maximum absolute atomic E-state index is 5.92. The maximum Gasteiger partial charge on any atom is 0.146 e. The Bertz CT molecular complexity index is 609. The smallest absolute Gasteiger partial charge is 0.146 e. The van der Waals surface area contributed by atoms with Crippen LogP contribution in [0, 0.1) is 6.92 Å². The van der Waals surface area contributed by atoms with Gasteiger partial charge in [0.1, 0.15) is 5.75 Å². The van der Waals surface area contributed by atoms with Gasteiger partial charge in [-0.1, -0.05) is 18.2 Å². The van der Waals surface area contributed by atoms with E-state index in [1.807, 2.05) is 37.3 Å². The Kier molecular flexibility index (Phi) is 3.66. The van der Waals surface area contributed by atoms with Crippen molar-refractivity contribution in [1.82, 2.24) is 0 Å². The maximum atomic E-state index is 5.92. The molecule has 2 aromatic rings. The summed E-state index contributed by atoms with van der Waals surface area (Å²) in [7, 11) is 1.54. The van der Waals surface area contributed by atoms with E-state index in [0.717, 1.165) is 11.3 Å². The first-order valence-corrected chi connectivity index (χ1v) is 5.82. The van der Waals surface area contributed by atoms with Crippen LogP contribution in [0.2, 0.25) is 0 Å². The van der Waals surface area contributed by atoms with Crippen molar-refractivity contribution in [1.29, 1.82) is 0 Å².